The number of methoxy groups -OCH3 is 1. The lowest BCUT2D eigenvalue weighted by Gasteiger charge is -2.26. The molecule has 0 aromatic heterocycles. The minimum Gasteiger partial charge on any atom is -0.496 e. The average Bonchev–Trinajstić information content (AvgIpc) is 2.74. The summed E-state index contributed by atoms with van der Waals surface area (Å²) >= 11 is 0. The molecule has 0 bridgehead atoms. The van der Waals surface area contributed by atoms with Crippen molar-refractivity contribution < 1.29 is 22.8 Å². The number of ether oxygens (including phenoxy) is 2. The number of hydrogen-bond donors (Lipinski definition) is 0. The number of morpholine rings is 1. The zero-order valence-electron chi connectivity index (χ0n) is 16.3. The molecule has 1 saturated heterocycles. The highest BCUT2D eigenvalue weighted by Gasteiger charge is 2.29. The first-order valence-corrected chi connectivity index (χ1v) is 10.5. The monoisotopic (exact) mass is 421 g/mol. The van der Waals surface area contributed by atoms with E-state index >= 15 is 0 Å². The molecule has 10 heteroatoms. The van der Waals surface area contributed by atoms with Crippen molar-refractivity contribution in [3.63, 3.8) is 0 Å². The van der Waals surface area contributed by atoms with Crippen molar-refractivity contribution in [2.45, 2.75) is 11.4 Å². The second-order valence-electron chi connectivity index (χ2n) is 6.59. The summed E-state index contributed by atoms with van der Waals surface area (Å²) in [6.07, 6.45) is 0. The van der Waals surface area contributed by atoms with Gasteiger partial charge >= 0.3 is 0 Å². The van der Waals surface area contributed by atoms with Crippen LogP contribution in [0.15, 0.2) is 47.4 Å². The van der Waals surface area contributed by atoms with Crippen LogP contribution in [0, 0.1) is 10.1 Å². The van der Waals surface area contributed by atoms with Gasteiger partial charge in [0, 0.05) is 38.3 Å². The normalized spacial score (nSPS) is 15.1. The fourth-order valence-electron chi connectivity index (χ4n) is 3.24. The van der Waals surface area contributed by atoms with Crippen LogP contribution in [0.2, 0.25) is 0 Å². The highest BCUT2D eigenvalue weighted by Crippen LogP contribution is 2.33. The number of sulfonamides is 1. The smallest absolute Gasteiger partial charge is 0.293 e. The molecule has 0 N–H and O–H groups in total. The van der Waals surface area contributed by atoms with Crippen molar-refractivity contribution >= 4 is 21.4 Å². The maximum atomic E-state index is 12.8. The van der Waals surface area contributed by atoms with Crippen LogP contribution >= 0.6 is 0 Å². The maximum Gasteiger partial charge on any atom is 0.293 e. The SMILES string of the molecule is COc1ccccc1CN(C)c1ccc(S(=O)(=O)N2CCOCC2)cc1[N+](=O)[O-]. The average molecular weight is 421 g/mol. The maximum absolute atomic E-state index is 12.8. The van der Waals surface area contributed by atoms with Crippen molar-refractivity contribution in [1.82, 2.24) is 4.31 Å². The number of anilines is 1. The number of hydrogen-bond acceptors (Lipinski definition) is 7. The standard InChI is InChI=1S/C19H23N3O6S/c1-20(14-15-5-3-4-6-19(15)27-2)17-8-7-16(13-18(17)22(23)24)29(25,26)21-9-11-28-12-10-21/h3-8,13H,9-12,14H2,1-2H3. The van der Waals surface area contributed by atoms with Crippen LogP contribution in [0.25, 0.3) is 0 Å². The van der Waals surface area contributed by atoms with Crippen LogP contribution in [0.5, 0.6) is 5.75 Å². The van der Waals surface area contributed by atoms with Crippen molar-refractivity contribution in [1.29, 1.82) is 0 Å². The molecule has 29 heavy (non-hydrogen) atoms. The van der Waals surface area contributed by atoms with Gasteiger partial charge in [-0.1, -0.05) is 18.2 Å². The summed E-state index contributed by atoms with van der Waals surface area (Å²) in [6.45, 7) is 1.43. The van der Waals surface area contributed by atoms with E-state index in [0.717, 1.165) is 11.6 Å². The van der Waals surface area contributed by atoms with Crippen LogP contribution < -0.4 is 9.64 Å². The van der Waals surface area contributed by atoms with Gasteiger partial charge in [0.2, 0.25) is 10.0 Å². The number of rotatable bonds is 7. The molecule has 156 valence electrons. The molecule has 0 atom stereocenters. The van der Waals surface area contributed by atoms with E-state index in [2.05, 4.69) is 0 Å². The van der Waals surface area contributed by atoms with Gasteiger partial charge in [-0.3, -0.25) is 10.1 Å². The van der Waals surface area contributed by atoms with E-state index < -0.39 is 14.9 Å². The van der Waals surface area contributed by atoms with E-state index in [9.17, 15) is 18.5 Å². The Bertz CT molecular complexity index is 989. The lowest BCUT2D eigenvalue weighted by atomic mass is 10.1. The fourth-order valence-corrected chi connectivity index (χ4v) is 4.67. The summed E-state index contributed by atoms with van der Waals surface area (Å²) < 4.78 is 37.5. The van der Waals surface area contributed by atoms with Gasteiger partial charge in [-0.2, -0.15) is 4.31 Å². The molecule has 1 aliphatic heterocycles. The predicted octanol–water partition coefficient (Wildman–Crippen LogP) is 2.26. The van der Waals surface area contributed by atoms with Gasteiger partial charge in [-0.05, 0) is 18.2 Å². The summed E-state index contributed by atoms with van der Waals surface area (Å²) in [5.41, 5.74) is 0.912. The summed E-state index contributed by atoms with van der Waals surface area (Å²) in [4.78, 5) is 12.7. The van der Waals surface area contributed by atoms with Crippen molar-refractivity contribution in [2.24, 2.45) is 0 Å². The lowest BCUT2D eigenvalue weighted by Crippen LogP contribution is -2.40. The van der Waals surface area contributed by atoms with Gasteiger partial charge in [0.15, 0.2) is 0 Å². The molecular weight excluding hydrogens is 398 g/mol. The Hall–Kier alpha value is -2.69. The Balaban J connectivity index is 1.93. The van der Waals surface area contributed by atoms with Crippen molar-refractivity contribution in [3.05, 3.63) is 58.1 Å². The summed E-state index contributed by atoms with van der Waals surface area (Å²) in [5, 5.41) is 11.7. The van der Waals surface area contributed by atoms with Crippen LogP contribution in [-0.4, -0.2) is 58.1 Å². The molecule has 0 saturated carbocycles. The first-order valence-electron chi connectivity index (χ1n) is 9.04. The van der Waals surface area contributed by atoms with E-state index in [1.165, 1.54) is 16.4 Å². The van der Waals surface area contributed by atoms with Crippen LogP contribution in [0.1, 0.15) is 5.56 Å². The Morgan fingerprint density at radius 2 is 1.90 bits per heavy atom. The summed E-state index contributed by atoms with van der Waals surface area (Å²) in [7, 11) is -0.544. The Kier molecular flexibility index (Phi) is 6.36. The second kappa shape index (κ2) is 8.76. The second-order valence-corrected chi connectivity index (χ2v) is 8.53. The molecule has 0 amide bonds. The van der Waals surface area contributed by atoms with Crippen LogP contribution in [-0.2, 0) is 21.3 Å². The van der Waals surface area contributed by atoms with E-state index in [0.29, 0.717) is 31.2 Å². The van der Waals surface area contributed by atoms with Gasteiger partial charge in [0.1, 0.15) is 11.4 Å². The fraction of sp³-hybridized carbons (Fsp3) is 0.368. The zero-order chi connectivity index (χ0) is 21.0. The quantitative estimate of drug-likeness (QED) is 0.499. The molecular formula is C19H23N3O6S. The Morgan fingerprint density at radius 3 is 2.55 bits per heavy atom. The zero-order valence-corrected chi connectivity index (χ0v) is 17.1. The van der Waals surface area contributed by atoms with Crippen molar-refractivity contribution in [3.8, 4) is 5.75 Å². The molecule has 1 aliphatic rings. The number of nitrogens with zero attached hydrogens (tertiary/aromatic N) is 3. The molecule has 2 aromatic rings. The largest absolute Gasteiger partial charge is 0.496 e. The summed E-state index contributed by atoms with van der Waals surface area (Å²) in [6, 6.07) is 11.4. The van der Waals surface area contributed by atoms with Crippen molar-refractivity contribution in [2.75, 3.05) is 45.4 Å². The number of benzene rings is 2. The van der Waals surface area contributed by atoms with E-state index in [-0.39, 0.29) is 23.7 Å². The van der Waals surface area contributed by atoms with E-state index in [1.807, 2.05) is 24.3 Å². The third-order valence-electron chi connectivity index (χ3n) is 4.76. The highest BCUT2D eigenvalue weighted by molar-refractivity contribution is 7.89. The molecule has 3 rings (SSSR count). The Morgan fingerprint density at radius 1 is 1.21 bits per heavy atom. The van der Waals surface area contributed by atoms with Gasteiger partial charge in [-0.15, -0.1) is 0 Å². The van der Waals surface area contributed by atoms with Gasteiger partial charge < -0.3 is 14.4 Å². The van der Waals surface area contributed by atoms with E-state index in [4.69, 9.17) is 9.47 Å². The van der Waals surface area contributed by atoms with Gasteiger partial charge in [-0.25, -0.2) is 8.42 Å². The van der Waals surface area contributed by atoms with Crippen LogP contribution in [0.3, 0.4) is 0 Å². The van der Waals surface area contributed by atoms with Gasteiger partial charge in [0.25, 0.3) is 5.69 Å². The molecule has 0 aliphatic carbocycles. The minimum absolute atomic E-state index is 0.0967. The molecule has 0 spiro atoms. The number of para-hydroxylation sites is 1. The molecule has 2 aromatic carbocycles. The first-order chi connectivity index (χ1) is 13.8. The molecule has 1 heterocycles. The third kappa shape index (κ3) is 4.50. The third-order valence-corrected chi connectivity index (χ3v) is 6.66. The topological polar surface area (TPSA) is 102 Å². The minimum atomic E-state index is -3.82. The summed E-state index contributed by atoms with van der Waals surface area (Å²) in [5.74, 6) is 0.675. The lowest BCUT2D eigenvalue weighted by molar-refractivity contribution is -0.384. The van der Waals surface area contributed by atoms with E-state index in [1.54, 1.807) is 19.1 Å². The highest BCUT2D eigenvalue weighted by atomic mass is 32.2. The molecule has 1 fully saturated rings. The van der Waals surface area contributed by atoms with Crippen LogP contribution in [0.4, 0.5) is 11.4 Å². The van der Waals surface area contributed by atoms with Gasteiger partial charge in [0.05, 0.1) is 30.1 Å². The number of nitro groups is 1. The molecule has 9 nitrogen and oxygen atoms in total. The molecule has 0 unspecified atom stereocenters. The predicted molar refractivity (Wildman–Crippen MR) is 108 cm³/mol. The Labute approximate surface area is 169 Å². The first kappa shape index (κ1) is 21.0. The molecule has 0 radical (unpaired) electrons. The number of nitro benzene ring substituents is 1.